The number of hydrogen-bond acceptors (Lipinski definition) is 5. The van der Waals surface area contributed by atoms with Crippen LogP contribution in [-0.4, -0.2) is 18.9 Å². The van der Waals surface area contributed by atoms with Gasteiger partial charge in [-0.05, 0) is 149 Å². The third-order valence-electron chi connectivity index (χ3n) is 7.20. The van der Waals surface area contributed by atoms with Gasteiger partial charge in [-0.3, -0.25) is 0 Å². The van der Waals surface area contributed by atoms with Crippen molar-refractivity contribution in [2.24, 2.45) is 23.7 Å². The van der Waals surface area contributed by atoms with Crippen molar-refractivity contribution in [2.75, 3.05) is 0 Å². The molecule has 2 aromatic rings. The van der Waals surface area contributed by atoms with E-state index in [0.29, 0.717) is 23.0 Å². The van der Waals surface area contributed by atoms with Crippen molar-refractivity contribution in [3.63, 3.8) is 0 Å². The van der Waals surface area contributed by atoms with Gasteiger partial charge in [0, 0.05) is 7.14 Å². The van der Waals surface area contributed by atoms with Crippen molar-refractivity contribution in [3.8, 4) is 5.75 Å². The summed E-state index contributed by atoms with van der Waals surface area (Å²) in [6, 6.07) is 9.70. The molecule has 0 amide bonds. The average Bonchev–Trinajstić information content (AvgIpc) is 2.68. The number of benzene rings is 2. The Morgan fingerprint density at radius 1 is 0.903 bits per heavy atom. The lowest BCUT2D eigenvalue weighted by Crippen LogP contribution is -2.44. The molecule has 4 saturated carbocycles. The van der Waals surface area contributed by atoms with Gasteiger partial charge >= 0.3 is 5.97 Å². The minimum atomic E-state index is -4.62. The lowest BCUT2D eigenvalue weighted by molar-refractivity contribution is -0.00374. The Labute approximate surface area is 209 Å². The molecule has 6 rings (SSSR count). The minimum Gasteiger partial charge on any atom is -0.744 e. The van der Waals surface area contributed by atoms with E-state index < -0.39 is 16.1 Å². The standard InChI is InChI=1S/C23H22I2O5S/c24-19-3-1-14(10-20(19)25)23(26)30-17-2-4-21(31(27,28)29)18(11-17)22-15-6-12-5-13(8-15)9-16(22)7-12/h1-4,10-13,15-16,22H,5-9H2,(H,27,28,29)/p-1. The monoisotopic (exact) mass is 663 g/mol. The topological polar surface area (TPSA) is 83.5 Å². The molecule has 4 fully saturated rings. The van der Waals surface area contributed by atoms with E-state index in [-0.39, 0.29) is 16.6 Å². The van der Waals surface area contributed by atoms with Gasteiger partial charge in [-0.15, -0.1) is 0 Å². The molecule has 0 N–H and O–H groups in total. The van der Waals surface area contributed by atoms with Crippen LogP contribution in [0.15, 0.2) is 41.3 Å². The molecule has 5 nitrogen and oxygen atoms in total. The van der Waals surface area contributed by atoms with E-state index in [2.05, 4.69) is 45.2 Å². The molecule has 0 atom stereocenters. The molecule has 0 unspecified atom stereocenters. The Kier molecular flexibility index (Phi) is 5.88. The Hall–Kier alpha value is -0.720. The van der Waals surface area contributed by atoms with Crippen LogP contribution in [0.3, 0.4) is 0 Å². The number of halogens is 2. The molecule has 2 aromatic carbocycles. The first-order valence-electron chi connectivity index (χ1n) is 10.5. The molecule has 0 radical (unpaired) electrons. The van der Waals surface area contributed by atoms with Crippen LogP contribution < -0.4 is 4.74 Å². The second-order valence-electron chi connectivity index (χ2n) is 9.13. The lowest BCUT2D eigenvalue weighted by atomic mass is 9.51. The molecule has 4 bridgehead atoms. The zero-order chi connectivity index (χ0) is 21.9. The highest BCUT2D eigenvalue weighted by Gasteiger charge is 2.49. The summed E-state index contributed by atoms with van der Waals surface area (Å²) >= 11 is 4.36. The largest absolute Gasteiger partial charge is 0.744 e. The quantitative estimate of drug-likeness (QED) is 0.185. The first kappa shape index (κ1) is 22.1. The second-order valence-corrected chi connectivity index (χ2v) is 12.8. The number of carbonyl (C=O) groups excluding carboxylic acids is 1. The summed E-state index contributed by atoms with van der Waals surface area (Å²) < 4.78 is 43.7. The smallest absolute Gasteiger partial charge is 0.343 e. The van der Waals surface area contributed by atoms with Crippen LogP contribution >= 0.6 is 45.2 Å². The summed E-state index contributed by atoms with van der Waals surface area (Å²) in [6.45, 7) is 0. The molecule has 0 spiro atoms. The summed E-state index contributed by atoms with van der Waals surface area (Å²) in [4.78, 5) is 12.5. The van der Waals surface area contributed by atoms with E-state index in [9.17, 15) is 17.8 Å². The molecule has 31 heavy (non-hydrogen) atoms. The Morgan fingerprint density at radius 3 is 2.13 bits per heavy atom. The van der Waals surface area contributed by atoms with Crippen molar-refractivity contribution in [2.45, 2.75) is 42.9 Å². The van der Waals surface area contributed by atoms with Crippen molar-refractivity contribution in [1.82, 2.24) is 0 Å². The van der Waals surface area contributed by atoms with E-state index >= 15 is 0 Å². The van der Waals surface area contributed by atoms with Gasteiger partial charge in [-0.25, -0.2) is 13.2 Å². The van der Waals surface area contributed by atoms with Crippen molar-refractivity contribution < 1.29 is 22.5 Å². The van der Waals surface area contributed by atoms with E-state index in [1.54, 1.807) is 18.2 Å². The predicted molar refractivity (Wildman–Crippen MR) is 131 cm³/mol. The summed E-state index contributed by atoms with van der Waals surface area (Å²) in [7, 11) is -4.62. The predicted octanol–water partition coefficient (Wildman–Crippen LogP) is 5.56. The molecule has 0 heterocycles. The zero-order valence-electron chi connectivity index (χ0n) is 16.6. The lowest BCUT2D eigenvalue weighted by Gasteiger charge is -2.55. The van der Waals surface area contributed by atoms with Gasteiger partial charge in [0.05, 0.1) is 10.5 Å². The summed E-state index contributed by atoms with van der Waals surface area (Å²) in [6.07, 6.45) is 5.68. The molecular weight excluding hydrogens is 642 g/mol. The van der Waals surface area contributed by atoms with Gasteiger partial charge < -0.3 is 9.29 Å². The fourth-order valence-electron chi connectivity index (χ4n) is 6.30. The fraction of sp³-hybridized carbons (Fsp3) is 0.435. The maximum absolute atomic E-state index is 12.7. The zero-order valence-corrected chi connectivity index (χ0v) is 21.7. The first-order chi connectivity index (χ1) is 14.7. The van der Waals surface area contributed by atoms with Crippen molar-refractivity contribution >= 4 is 61.3 Å². The summed E-state index contributed by atoms with van der Waals surface area (Å²) in [5, 5.41) is 0. The summed E-state index contributed by atoms with van der Waals surface area (Å²) in [5.41, 5.74) is 0.979. The normalized spacial score (nSPS) is 29.2. The van der Waals surface area contributed by atoms with Crippen LogP contribution in [-0.2, 0) is 10.1 Å². The molecule has 8 heteroatoms. The molecule has 4 aliphatic rings. The third kappa shape index (κ3) is 4.29. The van der Waals surface area contributed by atoms with Gasteiger partial charge in [0.1, 0.15) is 15.9 Å². The maximum atomic E-state index is 12.7. The molecule has 4 aliphatic carbocycles. The fourth-order valence-corrected chi connectivity index (χ4v) is 7.87. The first-order valence-corrected chi connectivity index (χ1v) is 14.0. The number of hydrogen-bond donors (Lipinski definition) is 0. The highest BCUT2D eigenvalue weighted by molar-refractivity contribution is 14.1. The Bertz CT molecular complexity index is 1130. The number of carbonyl (C=O) groups is 1. The van der Waals surface area contributed by atoms with Crippen molar-refractivity contribution in [1.29, 1.82) is 0 Å². The van der Waals surface area contributed by atoms with E-state index in [1.165, 1.54) is 18.6 Å². The highest BCUT2D eigenvalue weighted by atomic mass is 127. The van der Waals surface area contributed by atoms with E-state index in [0.717, 1.165) is 44.7 Å². The van der Waals surface area contributed by atoms with Gasteiger partial charge in [0.15, 0.2) is 0 Å². The van der Waals surface area contributed by atoms with Crippen molar-refractivity contribution in [3.05, 3.63) is 54.7 Å². The van der Waals surface area contributed by atoms with Gasteiger partial charge in [0.2, 0.25) is 0 Å². The van der Waals surface area contributed by atoms with Crippen LogP contribution in [0, 0.1) is 30.8 Å². The molecular formula is C23H21I2O5S-. The van der Waals surface area contributed by atoms with Crippen LogP contribution in [0.25, 0.3) is 0 Å². The summed E-state index contributed by atoms with van der Waals surface area (Å²) in [5.74, 6) is 2.11. The molecule has 0 saturated heterocycles. The number of esters is 1. The second kappa shape index (κ2) is 8.25. The average molecular weight is 663 g/mol. The Balaban J connectivity index is 1.49. The van der Waals surface area contributed by atoms with E-state index in [1.807, 2.05) is 6.07 Å². The third-order valence-corrected chi connectivity index (χ3v) is 11.0. The van der Waals surface area contributed by atoms with Crippen LogP contribution in [0.2, 0.25) is 0 Å². The number of ether oxygens (including phenoxy) is 1. The van der Waals surface area contributed by atoms with Crippen LogP contribution in [0.1, 0.15) is 53.9 Å². The molecule has 0 aliphatic heterocycles. The van der Waals surface area contributed by atoms with Gasteiger partial charge in [0.25, 0.3) is 0 Å². The SMILES string of the molecule is O=C(Oc1ccc(S(=O)(=O)[O-])c(C2C3CC4CC(C3)CC2C4)c1)c1ccc(I)c(I)c1. The minimum absolute atomic E-state index is 0.0458. The Morgan fingerprint density at radius 2 is 1.55 bits per heavy atom. The van der Waals surface area contributed by atoms with E-state index in [4.69, 9.17) is 4.74 Å². The maximum Gasteiger partial charge on any atom is 0.343 e. The van der Waals surface area contributed by atoms with Gasteiger partial charge in [-0.2, -0.15) is 0 Å². The molecule has 0 aromatic heterocycles. The number of rotatable bonds is 4. The van der Waals surface area contributed by atoms with Crippen LogP contribution in [0.4, 0.5) is 0 Å². The van der Waals surface area contributed by atoms with Crippen LogP contribution in [0.5, 0.6) is 5.75 Å². The van der Waals surface area contributed by atoms with Gasteiger partial charge in [-0.1, -0.05) is 0 Å². The molecule has 164 valence electrons. The highest BCUT2D eigenvalue weighted by Crippen LogP contribution is 2.60.